The molecule has 0 aliphatic carbocycles. The van der Waals surface area contributed by atoms with E-state index in [9.17, 15) is 28.4 Å². The van der Waals surface area contributed by atoms with Crippen LogP contribution in [0.3, 0.4) is 0 Å². The minimum absolute atomic E-state index is 0.0312. The summed E-state index contributed by atoms with van der Waals surface area (Å²) in [6.07, 6.45) is 3.50. The van der Waals surface area contributed by atoms with Gasteiger partial charge < -0.3 is 14.6 Å². The maximum atomic E-state index is 12.4. The number of phenols is 1. The molecule has 0 aromatic heterocycles. The standard InChI is InChI=1S/C18H17NO8S/c1-26-15-10-12(5-7-17(15)28(3,24)25)14(20)6-4-11-8-13(19(22)23)18(21)16(9-11)27-2/h4-10,21H,1-3H3/b6-4+. The van der Waals surface area contributed by atoms with E-state index < -0.39 is 32.0 Å². The zero-order valence-corrected chi connectivity index (χ0v) is 16.0. The maximum Gasteiger partial charge on any atom is 0.315 e. The first-order valence-corrected chi connectivity index (χ1v) is 9.63. The normalized spacial score (nSPS) is 11.4. The lowest BCUT2D eigenvalue weighted by Crippen LogP contribution is -2.03. The van der Waals surface area contributed by atoms with Gasteiger partial charge in [-0.05, 0) is 35.9 Å². The van der Waals surface area contributed by atoms with Crippen molar-refractivity contribution in [3.05, 3.63) is 57.6 Å². The molecule has 0 unspecified atom stereocenters. The zero-order valence-electron chi connectivity index (χ0n) is 15.2. The quantitative estimate of drug-likeness (QED) is 0.320. The highest BCUT2D eigenvalue weighted by atomic mass is 32.2. The van der Waals surface area contributed by atoms with Gasteiger partial charge >= 0.3 is 5.69 Å². The van der Waals surface area contributed by atoms with E-state index >= 15 is 0 Å². The molecular formula is C18H17NO8S. The SMILES string of the molecule is COc1cc(C(=O)/C=C/c2cc(OC)c(O)c([N+](=O)[O-])c2)ccc1S(C)(=O)=O. The lowest BCUT2D eigenvalue weighted by atomic mass is 10.1. The fraction of sp³-hybridized carbons (Fsp3) is 0.167. The number of benzene rings is 2. The third-order valence-corrected chi connectivity index (χ3v) is 4.90. The number of nitrogens with zero attached hydrogens (tertiary/aromatic N) is 1. The van der Waals surface area contributed by atoms with Crippen LogP contribution in [0.4, 0.5) is 5.69 Å². The summed E-state index contributed by atoms with van der Waals surface area (Å²) in [5, 5.41) is 20.8. The van der Waals surface area contributed by atoms with Crippen molar-refractivity contribution in [1.29, 1.82) is 0 Å². The number of nitro groups is 1. The van der Waals surface area contributed by atoms with E-state index in [0.717, 1.165) is 18.4 Å². The van der Waals surface area contributed by atoms with E-state index in [1.54, 1.807) is 0 Å². The molecule has 0 heterocycles. The van der Waals surface area contributed by atoms with Crippen LogP contribution >= 0.6 is 0 Å². The number of carbonyl (C=O) groups is 1. The van der Waals surface area contributed by atoms with Crippen molar-refractivity contribution >= 4 is 27.4 Å². The number of phenolic OH excluding ortho intramolecular Hbond substituents is 1. The molecule has 9 nitrogen and oxygen atoms in total. The van der Waals surface area contributed by atoms with Crippen molar-refractivity contribution < 1.29 is 32.7 Å². The number of rotatable bonds is 7. The monoisotopic (exact) mass is 407 g/mol. The smallest absolute Gasteiger partial charge is 0.315 e. The molecule has 0 bridgehead atoms. The van der Waals surface area contributed by atoms with Gasteiger partial charge in [0.1, 0.15) is 10.6 Å². The maximum absolute atomic E-state index is 12.4. The Kier molecular flexibility index (Phi) is 6.04. The van der Waals surface area contributed by atoms with Crippen LogP contribution in [0.15, 0.2) is 41.3 Å². The van der Waals surface area contributed by atoms with Gasteiger partial charge in [-0.1, -0.05) is 6.08 Å². The number of carbonyl (C=O) groups excluding carboxylic acids is 1. The first-order valence-electron chi connectivity index (χ1n) is 7.74. The Morgan fingerprint density at radius 3 is 2.32 bits per heavy atom. The van der Waals surface area contributed by atoms with Crippen LogP contribution in [-0.4, -0.2) is 44.7 Å². The summed E-state index contributed by atoms with van der Waals surface area (Å²) < 4.78 is 33.4. The molecule has 0 fully saturated rings. The Hall–Kier alpha value is -3.40. The third-order valence-electron chi connectivity index (χ3n) is 3.77. The van der Waals surface area contributed by atoms with Gasteiger partial charge in [-0.25, -0.2) is 8.42 Å². The molecule has 0 atom stereocenters. The average molecular weight is 407 g/mol. The number of hydrogen-bond acceptors (Lipinski definition) is 8. The van der Waals surface area contributed by atoms with Gasteiger partial charge in [0.2, 0.25) is 5.75 Å². The summed E-state index contributed by atoms with van der Waals surface area (Å²) in [4.78, 5) is 22.6. The van der Waals surface area contributed by atoms with Crippen molar-refractivity contribution in [3.63, 3.8) is 0 Å². The molecular weight excluding hydrogens is 390 g/mol. The Balaban J connectivity index is 2.39. The van der Waals surface area contributed by atoms with Gasteiger partial charge in [0.25, 0.3) is 0 Å². The Labute approximate surface area is 160 Å². The van der Waals surface area contributed by atoms with Gasteiger partial charge in [0, 0.05) is 17.9 Å². The molecule has 0 spiro atoms. The molecule has 28 heavy (non-hydrogen) atoms. The van der Waals surface area contributed by atoms with Crippen LogP contribution < -0.4 is 9.47 Å². The minimum atomic E-state index is -3.52. The first-order chi connectivity index (χ1) is 13.1. The molecule has 1 N–H and O–H groups in total. The Morgan fingerprint density at radius 2 is 1.79 bits per heavy atom. The van der Waals surface area contributed by atoms with Crippen molar-refractivity contribution in [2.45, 2.75) is 4.90 Å². The predicted octanol–water partition coefficient (Wildman–Crippen LogP) is 2.62. The zero-order chi connectivity index (χ0) is 21.1. The first kappa shape index (κ1) is 20.9. The van der Waals surface area contributed by atoms with Crippen molar-refractivity contribution in [1.82, 2.24) is 0 Å². The van der Waals surface area contributed by atoms with Gasteiger partial charge in [-0.15, -0.1) is 0 Å². The van der Waals surface area contributed by atoms with Crippen molar-refractivity contribution in [2.75, 3.05) is 20.5 Å². The van der Waals surface area contributed by atoms with Gasteiger partial charge in [-0.3, -0.25) is 14.9 Å². The van der Waals surface area contributed by atoms with Crippen molar-refractivity contribution in [3.8, 4) is 17.2 Å². The average Bonchev–Trinajstić information content (AvgIpc) is 2.65. The second kappa shape index (κ2) is 8.09. The number of allylic oxidation sites excluding steroid dienone is 1. The Morgan fingerprint density at radius 1 is 1.14 bits per heavy atom. The molecule has 0 amide bonds. The largest absolute Gasteiger partial charge is 0.500 e. The number of sulfone groups is 1. The van der Waals surface area contributed by atoms with E-state index in [0.29, 0.717) is 0 Å². The number of aromatic hydroxyl groups is 1. The second-order valence-electron chi connectivity index (χ2n) is 5.68. The number of hydrogen-bond donors (Lipinski definition) is 1. The lowest BCUT2D eigenvalue weighted by molar-refractivity contribution is -0.386. The number of nitro benzene ring substituents is 1. The van der Waals surface area contributed by atoms with Crippen molar-refractivity contribution in [2.24, 2.45) is 0 Å². The van der Waals surface area contributed by atoms with E-state index in [2.05, 4.69) is 0 Å². The van der Waals surface area contributed by atoms with E-state index in [1.165, 1.54) is 44.6 Å². The highest BCUT2D eigenvalue weighted by Crippen LogP contribution is 2.37. The predicted molar refractivity (Wildman–Crippen MR) is 101 cm³/mol. The molecule has 2 aromatic rings. The molecule has 0 aliphatic heterocycles. The van der Waals surface area contributed by atoms with Crippen LogP contribution in [0, 0.1) is 10.1 Å². The third kappa shape index (κ3) is 4.46. The summed E-state index contributed by atoms with van der Waals surface area (Å²) in [6.45, 7) is 0. The summed E-state index contributed by atoms with van der Waals surface area (Å²) in [5.41, 5.74) is -0.138. The van der Waals surface area contributed by atoms with E-state index in [4.69, 9.17) is 9.47 Å². The molecule has 0 radical (unpaired) electrons. The number of ketones is 1. The van der Waals surface area contributed by atoms with Crippen LogP contribution in [0.25, 0.3) is 6.08 Å². The number of ether oxygens (including phenoxy) is 2. The molecule has 0 saturated carbocycles. The summed E-state index contributed by atoms with van der Waals surface area (Å²) >= 11 is 0. The molecule has 0 aliphatic rings. The van der Waals surface area contributed by atoms with Crippen LogP contribution in [0.1, 0.15) is 15.9 Å². The van der Waals surface area contributed by atoms with Gasteiger partial charge in [-0.2, -0.15) is 0 Å². The fourth-order valence-electron chi connectivity index (χ4n) is 2.40. The lowest BCUT2D eigenvalue weighted by Gasteiger charge is -2.08. The molecule has 148 valence electrons. The second-order valence-corrected chi connectivity index (χ2v) is 7.67. The highest BCUT2D eigenvalue weighted by molar-refractivity contribution is 7.90. The summed E-state index contributed by atoms with van der Waals surface area (Å²) in [7, 11) is -0.993. The van der Waals surface area contributed by atoms with E-state index in [1.807, 2.05) is 0 Å². The molecule has 2 rings (SSSR count). The molecule has 0 saturated heterocycles. The number of methoxy groups -OCH3 is 2. The van der Waals surface area contributed by atoms with Crippen LogP contribution in [0.5, 0.6) is 17.2 Å². The van der Waals surface area contributed by atoms with Gasteiger partial charge in [0.05, 0.1) is 19.1 Å². The van der Waals surface area contributed by atoms with Gasteiger partial charge in [0.15, 0.2) is 21.4 Å². The topological polar surface area (TPSA) is 133 Å². The Bertz CT molecular complexity index is 1070. The highest BCUT2D eigenvalue weighted by Gasteiger charge is 2.19. The summed E-state index contributed by atoms with van der Waals surface area (Å²) in [5.74, 6) is -1.17. The molecule has 10 heteroatoms. The fourth-order valence-corrected chi connectivity index (χ4v) is 3.22. The van der Waals surface area contributed by atoms with E-state index in [-0.39, 0.29) is 27.5 Å². The van der Waals surface area contributed by atoms with Crippen LogP contribution in [0.2, 0.25) is 0 Å². The van der Waals surface area contributed by atoms with Crippen LogP contribution in [-0.2, 0) is 9.84 Å². The minimum Gasteiger partial charge on any atom is -0.500 e. The summed E-state index contributed by atoms with van der Waals surface area (Å²) in [6, 6.07) is 6.33. The molecule has 2 aromatic carbocycles.